The number of amides is 1. The maximum atomic E-state index is 11.4. The van der Waals surface area contributed by atoms with Crippen molar-refractivity contribution in [1.82, 2.24) is 14.8 Å². The molecule has 136 valence electrons. The first kappa shape index (κ1) is 17.6. The van der Waals surface area contributed by atoms with Crippen LogP contribution in [0.2, 0.25) is 10.0 Å². The summed E-state index contributed by atoms with van der Waals surface area (Å²) >= 11 is 12.0. The average Bonchev–Trinajstić information content (AvgIpc) is 3.03. The minimum atomic E-state index is -0.230. The summed E-state index contributed by atoms with van der Waals surface area (Å²) in [7, 11) is 0. The highest BCUT2D eigenvalue weighted by Gasteiger charge is 2.25. The van der Waals surface area contributed by atoms with Crippen LogP contribution >= 0.6 is 23.2 Å². The van der Waals surface area contributed by atoms with Crippen LogP contribution in [0.5, 0.6) is 0 Å². The molecule has 0 spiro atoms. The molecule has 0 bridgehead atoms. The second kappa shape index (κ2) is 7.06. The fourth-order valence-corrected chi connectivity index (χ4v) is 3.15. The van der Waals surface area contributed by atoms with Gasteiger partial charge in [0.15, 0.2) is 0 Å². The molecule has 0 saturated heterocycles. The average molecular weight is 400 g/mol. The normalized spacial score (nSPS) is 15.5. The van der Waals surface area contributed by atoms with Crippen molar-refractivity contribution in [2.24, 2.45) is 0 Å². The predicted molar refractivity (Wildman–Crippen MR) is 107 cm³/mol. The van der Waals surface area contributed by atoms with Gasteiger partial charge in [0.2, 0.25) is 11.9 Å². The summed E-state index contributed by atoms with van der Waals surface area (Å²) in [6, 6.07) is 14.9. The summed E-state index contributed by atoms with van der Waals surface area (Å²) in [5.41, 5.74) is 2.84. The van der Waals surface area contributed by atoms with Gasteiger partial charge in [0, 0.05) is 22.7 Å². The Morgan fingerprint density at radius 1 is 1.07 bits per heavy atom. The first-order valence-electron chi connectivity index (χ1n) is 8.24. The van der Waals surface area contributed by atoms with Crippen molar-refractivity contribution in [3.8, 4) is 0 Å². The van der Waals surface area contributed by atoms with Crippen molar-refractivity contribution in [2.45, 2.75) is 13.0 Å². The molecule has 1 atom stereocenters. The van der Waals surface area contributed by atoms with Gasteiger partial charge in [-0.15, -0.1) is 5.10 Å². The maximum absolute atomic E-state index is 11.4. The van der Waals surface area contributed by atoms with Crippen LogP contribution in [0, 0.1) is 0 Å². The molecule has 27 heavy (non-hydrogen) atoms. The fraction of sp³-hybridized carbons (Fsp3) is 0.105. The van der Waals surface area contributed by atoms with E-state index >= 15 is 0 Å². The van der Waals surface area contributed by atoms with Gasteiger partial charge in [0.25, 0.3) is 5.95 Å². The van der Waals surface area contributed by atoms with E-state index in [2.05, 4.69) is 20.7 Å². The highest BCUT2D eigenvalue weighted by molar-refractivity contribution is 6.30. The summed E-state index contributed by atoms with van der Waals surface area (Å²) in [6.45, 7) is 1.42. The van der Waals surface area contributed by atoms with Crippen molar-refractivity contribution in [3.05, 3.63) is 75.8 Å². The van der Waals surface area contributed by atoms with Crippen LogP contribution in [0.3, 0.4) is 0 Å². The number of carbonyl (C=O) groups excluding carboxylic acids is 1. The predicted octanol–water partition coefficient (Wildman–Crippen LogP) is 4.60. The fourth-order valence-electron chi connectivity index (χ4n) is 2.90. The van der Waals surface area contributed by atoms with Crippen molar-refractivity contribution in [1.29, 1.82) is 0 Å². The zero-order valence-electron chi connectivity index (χ0n) is 14.3. The number of carbonyl (C=O) groups is 1. The molecule has 1 aliphatic heterocycles. The van der Waals surface area contributed by atoms with E-state index in [0.717, 1.165) is 16.8 Å². The highest BCUT2D eigenvalue weighted by Crippen LogP contribution is 2.33. The van der Waals surface area contributed by atoms with Crippen molar-refractivity contribution < 1.29 is 4.79 Å². The summed E-state index contributed by atoms with van der Waals surface area (Å²) in [5.74, 6) is 0.549. The van der Waals surface area contributed by atoms with Crippen LogP contribution in [0.15, 0.2) is 54.6 Å². The van der Waals surface area contributed by atoms with Crippen molar-refractivity contribution in [3.63, 3.8) is 0 Å². The standard InChI is InChI=1S/C19H15Cl2N5O/c1-11(27)22-18-24-19-23-16(12-2-6-14(20)7-3-12)10-17(26(19)25-18)13-4-8-15(21)9-5-13/h2-10,17H,1H3,(H2,22,23,24,25,27)/t17-/m0/s1. The van der Waals surface area contributed by atoms with Crippen molar-refractivity contribution in [2.75, 3.05) is 10.6 Å². The monoisotopic (exact) mass is 399 g/mol. The Kier molecular flexibility index (Phi) is 4.59. The topological polar surface area (TPSA) is 71.8 Å². The van der Waals surface area contributed by atoms with Crippen LogP contribution in [0.25, 0.3) is 5.70 Å². The summed E-state index contributed by atoms with van der Waals surface area (Å²) in [5, 5.41) is 11.6. The second-order valence-corrected chi connectivity index (χ2v) is 6.97. The third-order valence-corrected chi connectivity index (χ3v) is 4.62. The van der Waals surface area contributed by atoms with E-state index in [4.69, 9.17) is 23.2 Å². The van der Waals surface area contributed by atoms with E-state index in [0.29, 0.717) is 16.0 Å². The lowest BCUT2D eigenvalue weighted by molar-refractivity contribution is -0.114. The van der Waals surface area contributed by atoms with Gasteiger partial charge in [-0.2, -0.15) is 4.98 Å². The Labute approximate surface area is 165 Å². The smallest absolute Gasteiger partial charge is 0.250 e. The molecule has 8 heteroatoms. The number of anilines is 2. The van der Waals surface area contributed by atoms with E-state index in [1.165, 1.54) is 6.92 Å². The lowest BCUT2D eigenvalue weighted by Crippen LogP contribution is -2.20. The number of aromatic nitrogens is 3. The third kappa shape index (κ3) is 3.67. The first-order valence-corrected chi connectivity index (χ1v) is 8.99. The second-order valence-electron chi connectivity index (χ2n) is 6.09. The van der Waals surface area contributed by atoms with E-state index in [9.17, 15) is 4.79 Å². The summed E-state index contributed by atoms with van der Waals surface area (Å²) in [6.07, 6.45) is 2.05. The Morgan fingerprint density at radius 2 is 1.70 bits per heavy atom. The van der Waals surface area contributed by atoms with Crippen LogP contribution in [-0.4, -0.2) is 20.7 Å². The lowest BCUT2D eigenvalue weighted by atomic mass is 10.0. The number of hydrogen-bond acceptors (Lipinski definition) is 4. The van der Waals surface area contributed by atoms with Crippen LogP contribution in [0.4, 0.5) is 11.9 Å². The van der Waals surface area contributed by atoms with E-state index < -0.39 is 0 Å². The minimum Gasteiger partial charge on any atom is -0.324 e. The summed E-state index contributed by atoms with van der Waals surface area (Å²) < 4.78 is 1.73. The number of hydrogen-bond donors (Lipinski definition) is 2. The summed E-state index contributed by atoms with van der Waals surface area (Å²) in [4.78, 5) is 15.8. The molecule has 1 amide bonds. The SMILES string of the molecule is CC(=O)Nc1nc2n(n1)[C@H](c1ccc(Cl)cc1)C=C(c1ccc(Cl)cc1)N2. The number of rotatable bonds is 3. The number of halogens is 2. The van der Waals surface area contributed by atoms with Crippen LogP contribution < -0.4 is 10.6 Å². The van der Waals surface area contributed by atoms with Crippen molar-refractivity contribution >= 4 is 46.7 Å². The van der Waals surface area contributed by atoms with Gasteiger partial charge in [-0.1, -0.05) is 47.5 Å². The molecule has 0 saturated carbocycles. The van der Waals surface area contributed by atoms with Gasteiger partial charge in [0.05, 0.1) is 0 Å². The quantitative estimate of drug-likeness (QED) is 0.674. The Balaban J connectivity index is 1.79. The van der Waals surface area contributed by atoms with Gasteiger partial charge < -0.3 is 5.32 Å². The molecule has 0 aliphatic carbocycles. The molecule has 4 rings (SSSR count). The van der Waals surface area contributed by atoms with Crippen LogP contribution in [0.1, 0.15) is 24.1 Å². The molecule has 2 N–H and O–H groups in total. The van der Waals surface area contributed by atoms with E-state index in [1.807, 2.05) is 54.6 Å². The molecule has 3 aromatic rings. The van der Waals surface area contributed by atoms with Gasteiger partial charge in [-0.25, -0.2) is 4.68 Å². The highest BCUT2D eigenvalue weighted by atomic mass is 35.5. The van der Waals surface area contributed by atoms with Gasteiger partial charge in [-0.05, 0) is 41.5 Å². The number of nitrogens with zero attached hydrogens (tertiary/aromatic N) is 3. The lowest BCUT2D eigenvalue weighted by Gasteiger charge is -2.24. The van der Waals surface area contributed by atoms with Gasteiger partial charge >= 0.3 is 0 Å². The number of fused-ring (bicyclic) bond motifs is 1. The molecule has 2 heterocycles. The number of benzene rings is 2. The molecular formula is C19H15Cl2N5O. The van der Waals surface area contributed by atoms with Gasteiger partial charge in [-0.3, -0.25) is 10.1 Å². The molecule has 2 aromatic carbocycles. The minimum absolute atomic E-state index is 0.209. The molecular weight excluding hydrogens is 385 g/mol. The molecule has 6 nitrogen and oxygen atoms in total. The number of nitrogens with one attached hydrogen (secondary N) is 2. The maximum Gasteiger partial charge on any atom is 0.250 e. The Morgan fingerprint density at radius 3 is 2.33 bits per heavy atom. The van der Waals surface area contributed by atoms with Gasteiger partial charge in [0.1, 0.15) is 6.04 Å². The first-order chi connectivity index (χ1) is 13.0. The zero-order chi connectivity index (χ0) is 19.0. The van der Waals surface area contributed by atoms with E-state index in [1.54, 1.807) is 4.68 Å². The largest absolute Gasteiger partial charge is 0.324 e. The van der Waals surface area contributed by atoms with E-state index in [-0.39, 0.29) is 17.9 Å². The molecule has 1 aliphatic rings. The molecule has 0 fully saturated rings. The third-order valence-electron chi connectivity index (χ3n) is 4.12. The molecule has 1 aromatic heterocycles. The van der Waals surface area contributed by atoms with Crippen LogP contribution in [-0.2, 0) is 4.79 Å². The molecule has 0 unspecified atom stereocenters. The number of allylic oxidation sites excluding steroid dienone is 1. The Hall–Kier alpha value is -2.83. The molecule has 0 radical (unpaired) electrons. The zero-order valence-corrected chi connectivity index (χ0v) is 15.8. The Bertz CT molecular complexity index is 1030.